The summed E-state index contributed by atoms with van der Waals surface area (Å²) in [5.74, 6) is 0.488. The molecular weight excluding hydrogens is 350 g/mol. The molecule has 0 spiro atoms. The Morgan fingerprint density at radius 2 is 2.07 bits per heavy atom. The van der Waals surface area contributed by atoms with Gasteiger partial charge >= 0.3 is 0 Å². The molecule has 2 fully saturated rings. The maximum Gasteiger partial charge on any atom is 0.193 e. The minimum Gasteiger partial charge on any atom is -0.379 e. The van der Waals surface area contributed by atoms with Crippen LogP contribution in [0.2, 0.25) is 0 Å². The molecule has 3 rings (SSSR count). The van der Waals surface area contributed by atoms with Gasteiger partial charge in [-0.2, -0.15) is 0 Å². The third kappa shape index (κ3) is 5.79. The first-order chi connectivity index (χ1) is 13.1. The quantitative estimate of drug-likeness (QED) is 0.428. The smallest absolute Gasteiger partial charge is 0.193 e. The minimum atomic E-state index is -0.802. The zero-order chi connectivity index (χ0) is 19.2. The van der Waals surface area contributed by atoms with E-state index >= 15 is 0 Å². The van der Waals surface area contributed by atoms with Crippen molar-refractivity contribution >= 4 is 11.6 Å². The molecule has 150 valence electrons. The Balaban J connectivity index is 1.39. The minimum absolute atomic E-state index is 0.439. The molecular formula is C20H30F2N4O. The normalized spacial score (nSPS) is 20.2. The number of rotatable bonds is 8. The van der Waals surface area contributed by atoms with E-state index in [1.807, 2.05) is 7.05 Å². The Bertz CT molecular complexity index is 651. The number of guanidine groups is 1. The number of anilines is 1. The Morgan fingerprint density at radius 1 is 1.26 bits per heavy atom. The largest absolute Gasteiger partial charge is 0.379 e. The number of benzene rings is 1. The Kier molecular flexibility index (Phi) is 6.88. The molecule has 0 amide bonds. The predicted octanol–water partition coefficient (Wildman–Crippen LogP) is 2.72. The van der Waals surface area contributed by atoms with E-state index in [-0.39, 0.29) is 0 Å². The summed E-state index contributed by atoms with van der Waals surface area (Å²) in [6, 6.07) is 4.11. The van der Waals surface area contributed by atoms with Gasteiger partial charge in [0.25, 0.3) is 0 Å². The zero-order valence-corrected chi connectivity index (χ0v) is 16.3. The third-order valence-corrected chi connectivity index (χ3v) is 5.30. The van der Waals surface area contributed by atoms with Crippen LogP contribution in [0.25, 0.3) is 0 Å². The molecule has 1 atom stereocenters. The van der Waals surface area contributed by atoms with Crippen molar-refractivity contribution in [3.05, 3.63) is 29.8 Å². The lowest BCUT2D eigenvalue weighted by atomic mass is 10.1. The maximum atomic E-state index is 13.4. The first kappa shape index (κ1) is 19.9. The summed E-state index contributed by atoms with van der Waals surface area (Å²) in [6.07, 6.45) is 3.63. The van der Waals surface area contributed by atoms with Gasteiger partial charge in [-0.05, 0) is 43.2 Å². The molecule has 5 nitrogen and oxygen atoms in total. The molecule has 0 radical (unpaired) electrons. The first-order valence-electron chi connectivity index (χ1n) is 9.76. The van der Waals surface area contributed by atoms with E-state index in [2.05, 4.69) is 20.1 Å². The van der Waals surface area contributed by atoms with Crippen LogP contribution in [0.15, 0.2) is 23.2 Å². The van der Waals surface area contributed by atoms with E-state index in [4.69, 9.17) is 4.74 Å². The fourth-order valence-corrected chi connectivity index (χ4v) is 3.38. The van der Waals surface area contributed by atoms with Gasteiger partial charge in [-0.3, -0.25) is 4.99 Å². The van der Waals surface area contributed by atoms with E-state index < -0.39 is 11.6 Å². The van der Waals surface area contributed by atoms with Crippen molar-refractivity contribution in [3.8, 4) is 0 Å². The summed E-state index contributed by atoms with van der Waals surface area (Å²) in [5.41, 5.74) is 0.741. The van der Waals surface area contributed by atoms with Crippen LogP contribution in [0.3, 0.4) is 0 Å². The second-order valence-corrected chi connectivity index (χ2v) is 7.57. The lowest BCUT2D eigenvalue weighted by molar-refractivity contribution is 0.115. The summed E-state index contributed by atoms with van der Waals surface area (Å²) >= 11 is 0. The van der Waals surface area contributed by atoms with Gasteiger partial charge in [0.2, 0.25) is 0 Å². The molecule has 1 saturated carbocycles. The number of nitrogens with one attached hydrogen (secondary N) is 1. The van der Waals surface area contributed by atoms with E-state index in [9.17, 15) is 8.78 Å². The van der Waals surface area contributed by atoms with Crippen molar-refractivity contribution in [1.29, 1.82) is 0 Å². The fourth-order valence-electron chi connectivity index (χ4n) is 3.38. The lowest BCUT2D eigenvalue weighted by Gasteiger charge is -2.24. The molecule has 1 heterocycles. The van der Waals surface area contributed by atoms with Crippen molar-refractivity contribution < 1.29 is 13.5 Å². The van der Waals surface area contributed by atoms with Crippen molar-refractivity contribution in [3.63, 3.8) is 0 Å². The third-order valence-electron chi connectivity index (χ3n) is 5.30. The second-order valence-electron chi connectivity index (χ2n) is 7.57. The van der Waals surface area contributed by atoms with Crippen molar-refractivity contribution in [2.75, 3.05) is 58.4 Å². The van der Waals surface area contributed by atoms with Gasteiger partial charge in [-0.15, -0.1) is 0 Å². The van der Waals surface area contributed by atoms with Gasteiger partial charge in [0.15, 0.2) is 17.6 Å². The standard InChI is InChI=1S/C20H30F2N4O/c1-23-20(25(2)9-10-27-14-15-3-4-15)24-12-16-7-8-26(13-16)17-5-6-18(21)19(22)11-17/h5-6,11,15-16H,3-4,7-10,12-14H2,1-2H3,(H,23,24). The zero-order valence-electron chi connectivity index (χ0n) is 16.3. The summed E-state index contributed by atoms with van der Waals surface area (Å²) in [7, 11) is 3.80. The highest BCUT2D eigenvalue weighted by atomic mass is 19.2. The maximum absolute atomic E-state index is 13.4. The van der Waals surface area contributed by atoms with E-state index in [1.165, 1.54) is 25.0 Å². The fraction of sp³-hybridized carbons (Fsp3) is 0.650. The second kappa shape index (κ2) is 9.35. The molecule has 1 aromatic rings. The van der Waals surface area contributed by atoms with Crippen LogP contribution in [0.4, 0.5) is 14.5 Å². The average molecular weight is 380 g/mol. The van der Waals surface area contributed by atoms with E-state index in [0.29, 0.717) is 12.5 Å². The number of hydrogen-bond donors (Lipinski definition) is 1. The van der Waals surface area contributed by atoms with Crippen molar-refractivity contribution in [1.82, 2.24) is 10.2 Å². The van der Waals surface area contributed by atoms with Crippen LogP contribution in [0.5, 0.6) is 0 Å². The molecule has 1 N–H and O–H groups in total. The van der Waals surface area contributed by atoms with Crippen LogP contribution < -0.4 is 10.2 Å². The number of ether oxygens (including phenoxy) is 1. The van der Waals surface area contributed by atoms with Crippen molar-refractivity contribution in [2.24, 2.45) is 16.8 Å². The summed E-state index contributed by atoms with van der Waals surface area (Å²) < 4.78 is 32.3. The molecule has 1 saturated heterocycles. The molecule has 0 bridgehead atoms. The van der Waals surface area contributed by atoms with Gasteiger partial charge in [0, 0.05) is 58.6 Å². The van der Waals surface area contributed by atoms with Crippen LogP contribution in [0.1, 0.15) is 19.3 Å². The molecule has 1 aliphatic carbocycles. The van der Waals surface area contributed by atoms with Gasteiger partial charge in [-0.1, -0.05) is 0 Å². The Hall–Kier alpha value is -1.89. The summed E-state index contributed by atoms with van der Waals surface area (Å²) in [6.45, 7) is 4.87. The monoisotopic (exact) mass is 380 g/mol. The molecule has 1 aliphatic heterocycles. The Morgan fingerprint density at radius 3 is 2.78 bits per heavy atom. The topological polar surface area (TPSA) is 40.1 Å². The van der Waals surface area contributed by atoms with Crippen LogP contribution >= 0.6 is 0 Å². The Labute approximate surface area is 160 Å². The van der Waals surface area contributed by atoms with Gasteiger partial charge < -0.3 is 19.9 Å². The van der Waals surface area contributed by atoms with E-state index in [0.717, 1.165) is 56.8 Å². The summed E-state index contributed by atoms with van der Waals surface area (Å²) in [4.78, 5) is 8.53. The van der Waals surface area contributed by atoms with Crippen LogP contribution in [-0.2, 0) is 4.74 Å². The predicted molar refractivity (Wildman–Crippen MR) is 104 cm³/mol. The number of aliphatic imine (C=N–C) groups is 1. The number of halogens is 2. The molecule has 27 heavy (non-hydrogen) atoms. The van der Waals surface area contributed by atoms with E-state index in [1.54, 1.807) is 13.1 Å². The molecule has 2 aliphatic rings. The number of nitrogens with zero attached hydrogens (tertiary/aromatic N) is 3. The van der Waals surface area contributed by atoms with Gasteiger partial charge in [0.05, 0.1) is 6.61 Å². The average Bonchev–Trinajstić information content (AvgIpc) is 3.37. The first-order valence-corrected chi connectivity index (χ1v) is 9.76. The SMILES string of the molecule is CN=C(NCC1CCN(c2ccc(F)c(F)c2)C1)N(C)CCOCC1CC1. The highest BCUT2D eigenvalue weighted by Crippen LogP contribution is 2.28. The number of hydrogen-bond acceptors (Lipinski definition) is 3. The highest BCUT2D eigenvalue weighted by molar-refractivity contribution is 5.79. The lowest BCUT2D eigenvalue weighted by Crippen LogP contribution is -2.42. The van der Waals surface area contributed by atoms with Gasteiger partial charge in [0.1, 0.15) is 0 Å². The van der Waals surface area contributed by atoms with Gasteiger partial charge in [-0.25, -0.2) is 8.78 Å². The molecule has 7 heteroatoms. The highest BCUT2D eigenvalue weighted by Gasteiger charge is 2.24. The molecule has 1 aromatic carbocycles. The summed E-state index contributed by atoms with van der Waals surface area (Å²) in [5, 5.41) is 3.43. The van der Waals surface area contributed by atoms with Crippen LogP contribution in [-0.4, -0.2) is 64.3 Å². The van der Waals surface area contributed by atoms with Crippen molar-refractivity contribution in [2.45, 2.75) is 19.3 Å². The van der Waals surface area contributed by atoms with Crippen LogP contribution in [0, 0.1) is 23.5 Å². The molecule has 0 aromatic heterocycles. The number of likely N-dealkylation sites (N-methyl/N-ethyl adjacent to an activating group) is 1. The molecule has 1 unspecified atom stereocenters.